The van der Waals surface area contributed by atoms with E-state index in [0.717, 1.165) is 41.7 Å². The Morgan fingerprint density at radius 2 is 2.10 bits per heavy atom. The SMILES string of the molecule is CC1=C(C(=O)NCCNS(=O)(=O)c2ccc(Cl)s2)CCC1. The summed E-state index contributed by atoms with van der Waals surface area (Å²) in [5.41, 5.74) is 1.96. The molecule has 2 N–H and O–H groups in total. The minimum Gasteiger partial charge on any atom is -0.351 e. The molecular weight excluding hydrogens is 332 g/mol. The number of nitrogens with one attached hydrogen (secondary N) is 2. The molecule has 1 heterocycles. The third-order valence-corrected chi connectivity index (χ3v) is 6.47. The fraction of sp³-hybridized carbons (Fsp3) is 0.462. The van der Waals surface area contributed by atoms with E-state index >= 15 is 0 Å². The molecule has 1 amide bonds. The highest BCUT2D eigenvalue weighted by molar-refractivity contribution is 7.91. The number of rotatable bonds is 6. The van der Waals surface area contributed by atoms with Crippen molar-refractivity contribution in [2.24, 2.45) is 0 Å². The largest absolute Gasteiger partial charge is 0.351 e. The number of halogens is 1. The highest BCUT2D eigenvalue weighted by Crippen LogP contribution is 2.26. The average Bonchev–Trinajstić information content (AvgIpc) is 3.03. The Morgan fingerprint density at radius 3 is 2.67 bits per heavy atom. The first-order valence-electron chi connectivity index (χ1n) is 6.62. The summed E-state index contributed by atoms with van der Waals surface area (Å²) >= 11 is 6.72. The summed E-state index contributed by atoms with van der Waals surface area (Å²) in [5, 5.41) is 2.74. The fourth-order valence-corrected chi connectivity index (χ4v) is 4.74. The Morgan fingerprint density at radius 1 is 1.33 bits per heavy atom. The van der Waals surface area contributed by atoms with Crippen LogP contribution >= 0.6 is 22.9 Å². The van der Waals surface area contributed by atoms with Crippen molar-refractivity contribution in [2.45, 2.75) is 30.4 Å². The summed E-state index contributed by atoms with van der Waals surface area (Å²) in [6.07, 6.45) is 2.78. The minimum atomic E-state index is -3.55. The molecule has 1 aliphatic carbocycles. The van der Waals surface area contributed by atoms with Gasteiger partial charge in [0.15, 0.2) is 0 Å². The predicted octanol–water partition coefficient (Wildman–Crippen LogP) is 2.30. The number of carbonyl (C=O) groups is 1. The van der Waals surface area contributed by atoms with E-state index in [1.807, 2.05) is 6.92 Å². The fourth-order valence-electron chi connectivity index (χ4n) is 2.18. The number of amides is 1. The normalized spacial score (nSPS) is 15.5. The van der Waals surface area contributed by atoms with E-state index in [0.29, 0.717) is 4.34 Å². The smallest absolute Gasteiger partial charge is 0.250 e. The highest BCUT2D eigenvalue weighted by Gasteiger charge is 2.18. The monoisotopic (exact) mass is 348 g/mol. The molecule has 0 atom stereocenters. The van der Waals surface area contributed by atoms with Gasteiger partial charge in [-0.3, -0.25) is 4.79 Å². The van der Waals surface area contributed by atoms with Gasteiger partial charge >= 0.3 is 0 Å². The second kappa shape index (κ2) is 6.91. The first-order chi connectivity index (χ1) is 9.90. The van der Waals surface area contributed by atoms with Gasteiger partial charge in [-0.2, -0.15) is 0 Å². The first-order valence-corrected chi connectivity index (χ1v) is 9.30. The number of hydrogen-bond acceptors (Lipinski definition) is 4. The molecule has 8 heteroatoms. The van der Waals surface area contributed by atoms with Crippen LogP contribution in [0.25, 0.3) is 0 Å². The molecule has 0 spiro atoms. The van der Waals surface area contributed by atoms with E-state index in [-0.39, 0.29) is 23.2 Å². The number of allylic oxidation sites excluding steroid dienone is 1. The van der Waals surface area contributed by atoms with Gasteiger partial charge in [-0.1, -0.05) is 17.2 Å². The van der Waals surface area contributed by atoms with Crippen LogP contribution in [-0.2, 0) is 14.8 Å². The zero-order valence-corrected chi connectivity index (χ0v) is 14.0. The molecular formula is C13H17ClN2O3S2. The van der Waals surface area contributed by atoms with Crippen LogP contribution in [0.1, 0.15) is 26.2 Å². The maximum Gasteiger partial charge on any atom is 0.250 e. The standard InChI is InChI=1S/C13H17ClN2O3S2/c1-9-3-2-4-10(9)13(17)15-7-8-16-21(18,19)12-6-5-11(14)20-12/h5-6,16H,2-4,7-8H2,1H3,(H,15,17). The molecule has 5 nitrogen and oxygen atoms in total. The summed E-state index contributed by atoms with van der Waals surface area (Å²) in [6, 6.07) is 3.00. The van der Waals surface area contributed by atoms with E-state index in [1.165, 1.54) is 12.1 Å². The molecule has 1 aliphatic rings. The zero-order chi connectivity index (χ0) is 15.5. The Kier molecular flexibility index (Phi) is 5.43. The van der Waals surface area contributed by atoms with Crippen molar-refractivity contribution in [1.82, 2.24) is 10.0 Å². The second-order valence-electron chi connectivity index (χ2n) is 4.82. The van der Waals surface area contributed by atoms with Crippen LogP contribution in [0, 0.1) is 0 Å². The summed E-state index contributed by atoms with van der Waals surface area (Å²) in [7, 11) is -3.55. The Labute approximate surface area is 133 Å². The Hall–Kier alpha value is -0.890. The lowest BCUT2D eigenvalue weighted by molar-refractivity contribution is -0.117. The van der Waals surface area contributed by atoms with Crippen LogP contribution in [-0.4, -0.2) is 27.4 Å². The molecule has 0 saturated carbocycles. The zero-order valence-electron chi connectivity index (χ0n) is 11.6. The van der Waals surface area contributed by atoms with Gasteiger partial charge in [-0.05, 0) is 38.3 Å². The average molecular weight is 349 g/mol. The first kappa shape index (κ1) is 16.5. The van der Waals surface area contributed by atoms with Crippen molar-refractivity contribution >= 4 is 38.9 Å². The molecule has 21 heavy (non-hydrogen) atoms. The van der Waals surface area contributed by atoms with Crippen molar-refractivity contribution < 1.29 is 13.2 Å². The van der Waals surface area contributed by atoms with Gasteiger partial charge in [0.2, 0.25) is 15.9 Å². The van der Waals surface area contributed by atoms with Crippen LogP contribution < -0.4 is 10.0 Å². The molecule has 2 rings (SSSR count). The minimum absolute atomic E-state index is 0.0941. The van der Waals surface area contributed by atoms with Crippen LogP contribution in [0.4, 0.5) is 0 Å². The molecule has 0 fully saturated rings. The van der Waals surface area contributed by atoms with E-state index in [4.69, 9.17) is 11.6 Å². The second-order valence-corrected chi connectivity index (χ2v) is 8.53. The molecule has 1 aromatic heterocycles. The van der Waals surface area contributed by atoms with Gasteiger partial charge in [0.1, 0.15) is 4.21 Å². The predicted molar refractivity (Wildman–Crippen MR) is 84.1 cm³/mol. The summed E-state index contributed by atoms with van der Waals surface area (Å²) in [4.78, 5) is 11.9. The summed E-state index contributed by atoms with van der Waals surface area (Å²) < 4.78 is 26.9. The highest BCUT2D eigenvalue weighted by atomic mass is 35.5. The van der Waals surface area contributed by atoms with Gasteiger partial charge in [0, 0.05) is 18.7 Å². The molecule has 0 aromatic carbocycles. The molecule has 0 unspecified atom stereocenters. The maximum atomic E-state index is 11.9. The lowest BCUT2D eigenvalue weighted by Crippen LogP contribution is -2.35. The van der Waals surface area contributed by atoms with Gasteiger partial charge in [-0.15, -0.1) is 11.3 Å². The van der Waals surface area contributed by atoms with Crippen LogP contribution in [0.15, 0.2) is 27.5 Å². The van der Waals surface area contributed by atoms with Gasteiger partial charge < -0.3 is 5.32 Å². The number of sulfonamides is 1. The van der Waals surface area contributed by atoms with Crippen molar-refractivity contribution in [3.8, 4) is 0 Å². The maximum absolute atomic E-state index is 11.9. The van der Waals surface area contributed by atoms with Gasteiger partial charge in [0.25, 0.3) is 0 Å². The number of hydrogen-bond donors (Lipinski definition) is 2. The lowest BCUT2D eigenvalue weighted by Gasteiger charge is -2.08. The quantitative estimate of drug-likeness (QED) is 0.774. The van der Waals surface area contributed by atoms with E-state index in [9.17, 15) is 13.2 Å². The molecule has 1 aromatic rings. The Balaban J connectivity index is 1.80. The van der Waals surface area contributed by atoms with Crippen molar-refractivity contribution in [1.29, 1.82) is 0 Å². The third kappa shape index (κ3) is 4.29. The van der Waals surface area contributed by atoms with Crippen molar-refractivity contribution in [3.05, 3.63) is 27.6 Å². The molecule has 0 saturated heterocycles. The molecule has 0 radical (unpaired) electrons. The summed E-state index contributed by atoms with van der Waals surface area (Å²) in [5.74, 6) is -0.0941. The third-order valence-electron chi connectivity index (χ3n) is 3.28. The van der Waals surface area contributed by atoms with E-state index in [2.05, 4.69) is 10.0 Å². The van der Waals surface area contributed by atoms with Gasteiger partial charge in [0.05, 0.1) is 4.34 Å². The number of carbonyl (C=O) groups excluding carboxylic acids is 1. The van der Waals surface area contributed by atoms with Gasteiger partial charge in [-0.25, -0.2) is 13.1 Å². The van der Waals surface area contributed by atoms with Crippen LogP contribution in [0.5, 0.6) is 0 Å². The Bertz CT molecular complexity index is 665. The lowest BCUT2D eigenvalue weighted by atomic mass is 10.1. The van der Waals surface area contributed by atoms with Crippen molar-refractivity contribution in [3.63, 3.8) is 0 Å². The van der Waals surface area contributed by atoms with Crippen LogP contribution in [0.3, 0.4) is 0 Å². The molecule has 0 bridgehead atoms. The van der Waals surface area contributed by atoms with Crippen LogP contribution in [0.2, 0.25) is 4.34 Å². The number of thiophene rings is 1. The van der Waals surface area contributed by atoms with E-state index < -0.39 is 10.0 Å². The molecule has 116 valence electrons. The topological polar surface area (TPSA) is 75.3 Å². The summed E-state index contributed by atoms with van der Waals surface area (Å²) in [6.45, 7) is 2.37. The van der Waals surface area contributed by atoms with Crippen molar-refractivity contribution in [2.75, 3.05) is 13.1 Å². The molecule has 0 aliphatic heterocycles. The van der Waals surface area contributed by atoms with E-state index in [1.54, 1.807) is 0 Å².